The van der Waals surface area contributed by atoms with Crippen LogP contribution in [0.5, 0.6) is 0 Å². The maximum absolute atomic E-state index is 9.82. The van der Waals surface area contributed by atoms with Gasteiger partial charge in [-0.1, -0.05) is 19.9 Å². The fraction of sp³-hybridized carbons (Fsp3) is 0.636. The molecule has 0 aliphatic carbocycles. The average molecular weight is 245 g/mol. The van der Waals surface area contributed by atoms with Crippen molar-refractivity contribution in [2.45, 2.75) is 24.2 Å². The third-order valence-electron chi connectivity index (χ3n) is 2.28. The summed E-state index contributed by atoms with van der Waals surface area (Å²) in [5.74, 6) is 0.789. The molecule has 0 aliphatic rings. The lowest BCUT2D eigenvalue weighted by molar-refractivity contribution is 0.137. The van der Waals surface area contributed by atoms with Gasteiger partial charge in [0.15, 0.2) is 0 Å². The van der Waals surface area contributed by atoms with Crippen LogP contribution in [0.2, 0.25) is 0 Å². The van der Waals surface area contributed by atoms with Crippen molar-refractivity contribution < 1.29 is 5.11 Å². The summed E-state index contributed by atoms with van der Waals surface area (Å²) in [5, 5.41) is 11.9. The zero-order valence-electron chi connectivity index (χ0n) is 9.35. The monoisotopic (exact) mass is 245 g/mol. The molecule has 1 aromatic heterocycles. The number of aliphatic hydroxyl groups is 1. The number of likely N-dealkylation sites (N-methyl/N-ethyl adjacent to an activating group) is 1. The van der Waals surface area contributed by atoms with Crippen LogP contribution in [-0.4, -0.2) is 41.5 Å². The molecule has 86 valence electrons. The maximum Gasteiger partial charge on any atom is 0.0761 e. The summed E-state index contributed by atoms with van der Waals surface area (Å²) in [7, 11) is 0. The van der Waals surface area contributed by atoms with E-state index < -0.39 is 0 Å². The summed E-state index contributed by atoms with van der Waals surface area (Å²) in [5.41, 5.74) is 0. The topological polar surface area (TPSA) is 23.5 Å². The zero-order valence-corrected chi connectivity index (χ0v) is 11.0. The van der Waals surface area contributed by atoms with E-state index in [1.165, 1.54) is 4.21 Å². The van der Waals surface area contributed by atoms with Crippen molar-refractivity contribution in [2.75, 3.05) is 25.4 Å². The summed E-state index contributed by atoms with van der Waals surface area (Å²) < 4.78 is 1.29. The van der Waals surface area contributed by atoms with Gasteiger partial charge in [0, 0.05) is 12.3 Å². The second-order valence-corrected chi connectivity index (χ2v) is 5.65. The Hall–Kier alpha value is -0.0300. The molecular formula is C11H19NOS2. The van der Waals surface area contributed by atoms with Crippen LogP contribution >= 0.6 is 23.1 Å². The van der Waals surface area contributed by atoms with Crippen molar-refractivity contribution in [1.29, 1.82) is 0 Å². The summed E-state index contributed by atoms with van der Waals surface area (Å²) >= 11 is 3.47. The molecule has 0 saturated heterocycles. The standard InChI is InChI=1S/C11H19NOS2/c1-3-12(4-2)8-10(13)9-15-11-6-5-7-14-11/h5-7,10,13H,3-4,8-9H2,1-2H3/t10-/m1/s1. The quantitative estimate of drug-likeness (QED) is 0.747. The highest BCUT2D eigenvalue weighted by Gasteiger charge is 2.09. The largest absolute Gasteiger partial charge is 0.391 e. The SMILES string of the molecule is CCN(CC)C[C@@H](O)CSc1cccs1. The van der Waals surface area contributed by atoms with E-state index in [-0.39, 0.29) is 6.10 Å². The van der Waals surface area contributed by atoms with Crippen LogP contribution in [0.3, 0.4) is 0 Å². The molecule has 0 bridgehead atoms. The molecule has 0 fully saturated rings. The molecule has 1 atom stereocenters. The van der Waals surface area contributed by atoms with Gasteiger partial charge in [-0.15, -0.1) is 23.1 Å². The average Bonchev–Trinajstić information content (AvgIpc) is 2.75. The van der Waals surface area contributed by atoms with E-state index in [1.807, 2.05) is 6.07 Å². The molecule has 0 radical (unpaired) electrons. The van der Waals surface area contributed by atoms with Crippen LogP contribution < -0.4 is 0 Å². The third-order valence-corrected chi connectivity index (χ3v) is 4.55. The molecular weight excluding hydrogens is 226 g/mol. The van der Waals surface area contributed by atoms with Gasteiger partial charge in [0.2, 0.25) is 0 Å². The van der Waals surface area contributed by atoms with Gasteiger partial charge >= 0.3 is 0 Å². The Balaban J connectivity index is 2.21. The van der Waals surface area contributed by atoms with Crippen molar-refractivity contribution in [3.05, 3.63) is 17.5 Å². The van der Waals surface area contributed by atoms with Crippen LogP contribution in [0, 0.1) is 0 Å². The lowest BCUT2D eigenvalue weighted by Crippen LogP contribution is -2.33. The molecule has 1 N–H and O–H groups in total. The highest BCUT2D eigenvalue weighted by atomic mass is 32.2. The number of hydrogen-bond acceptors (Lipinski definition) is 4. The van der Waals surface area contributed by atoms with Crippen LogP contribution in [0.4, 0.5) is 0 Å². The van der Waals surface area contributed by atoms with Crippen LogP contribution in [-0.2, 0) is 0 Å². The van der Waals surface area contributed by atoms with Gasteiger partial charge in [0.1, 0.15) is 0 Å². The first-order valence-corrected chi connectivity index (χ1v) is 7.19. The molecule has 15 heavy (non-hydrogen) atoms. The molecule has 4 heteroatoms. The van der Waals surface area contributed by atoms with Crippen LogP contribution in [0.25, 0.3) is 0 Å². The van der Waals surface area contributed by atoms with Gasteiger partial charge in [-0.25, -0.2) is 0 Å². The second-order valence-electron chi connectivity index (χ2n) is 3.38. The van der Waals surface area contributed by atoms with Gasteiger partial charge in [-0.05, 0) is 24.5 Å². The Morgan fingerprint density at radius 3 is 2.73 bits per heavy atom. The van der Waals surface area contributed by atoms with E-state index in [2.05, 4.69) is 30.2 Å². The number of nitrogens with zero attached hydrogens (tertiary/aromatic N) is 1. The molecule has 0 saturated carbocycles. The van der Waals surface area contributed by atoms with E-state index in [1.54, 1.807) is 23.1 Å². The van der Waals surface area contributed by atoms with Gasteiger partial charge in [0.05, 0.1) is 10.3 Å². The highest BCUT2D eigenvalue weighted by molar-refractivity contribution is 8.01. The minimum atomic E-state index is -0.225. The fourth-order valence-electron chi connectivity index (χ4n) is 1.36. The Morgan fingerprint density at radius 2 is 2.20 bits per heavy atom. The Morgan fingerprint density at radius 1 is 1.47 bits per heavy atom. The number of thiophene rings is 1. The highest BCUT2D eigenvalue weighted by Crippen LogP contribution is 2.23. The molecule has 1 heterocycles. The minimum absolute atomic E-state index is 0.225. The summed E-state index contributed by atoms with van der Waals surface area (Å²) in [6.07, 6.45) is -0.225. The van der Waals surface area contributed by atoms with Crippen LogP contribution in [0.1, 0.15) is 13.8 Å². The van der Waals surface area contributed by atoms with Crippen molar-refractivity contribution in [2.24, 2.45) is 0 Å². The lowest BCUT2D eigenvalue weighted by atomic mass is 10.3. The Bertz CT molecular complexity index is 247. The van der Waals surface area contributed by atoms with E-state index in [0.29, 0.717) is 0 Å². The smallest absolute Gasteiger partial charge is 0.0761 e. The first-order chi connectivity index (χ1) is 7.26. The first kappa shape index (κ1) is 13.0. The van der Waals surface area contributed by atoms with E-state index in [0.717, 1.165) is 25.4 Å². The van der Waals surface area contributed by atoms with E-state index in [9.17, 15) is 5.11 Å². The lowest BCUT2D eigenvalue weighted by Gasteiger charge is -2.21. The molecule has 0 amide bonds. The molecule has 0 aliphatic heterocycles. The number of rotatable bonds is 7. The Kier molecular flexibility index (Phi) is 6.32. The summed E-state index contributed by atoms with van der Waals surface area (Å²) in [6.45, 7) is 7.06. The molecule has 0 spiro atoms. The maximum atomic E-state index is 9.82. The van der Waals surface area contributed by atoms with E-state index >= 15 is 0 Å². The minimum Gasteiger partial charge on any atom is -0.391 e. The van der Waals surface area contributed by atoms with Gasteiger partial charge in [-0.3, -0.25) is 0 Å². The van der Waals surface area contributed by atoms with Crippen molar-refractivity contribution in [3.8, 4) is 0 Å². The van der Waals surface area contributed by atoms with Crippen molar-refractivity contribution >= 4 is 23.1 Å². The van der Waals surface area contributed by atoms with Gasteiger partial charge < -0.3 is 10.0 Å². The van der Waals surface area contributed by atoms with Gasteiger partial charge in [0.25, 0.3) is 0 Å². The van der Waals surface area contributed by atoms with Crippen molar-refractivity contribution in [3.63, 3.8) is 0 Å². The third kappa shape index (κ3) is 5.02. The van der Waals surface area contributed by atoms with Crippen molar-refractivity contribution in [1.82, 2.24) is 4.90 Å². The molecule has 1 rings (SSSR count). The fourth-order valence-corrected chi connectivity index (χ4v) is 3.08. The summed E-state index contributed by atoms with van der Waals surface area (Å²) in [4.78, 5) is 2.25. The van der Waals surface area contributed by atoms with Gasteiger partial charge in [-0.2, -0.15) is 0 Å². The second kappa shape index (κ2) is 7.28. The summed E-state index contributed by atoms with van der Waals surface area (Å²) in [6, 6.07) is 4.14. The molecule has 0 aromatic carbocycles. The Labute approximate surface area is 100 Å². The number of thioether (sulfide) groups is 1. The molecule has 0 unspecified atom stereocenters. The molecule has 2 nitrogen and oxygen atoms in total. The first-order valence-electron chi connectivity index (χ1n) is 5.33. The number of hydrogen-bond donors (Lipinski definition) is 1. The zero-order chi connectivity index (χ0) is 11.1. The predicted molar refractivity (Wildman–Crippen MR) is 68.8 cm³/mol. The van der Waals surface area contributed by atoms with Crippen LogP contribution in [0.15, 0.2) is 21.7 Å². The molecule has 1 aromatic rings. The number of aliphatic hydroxyl groups excluding tert-OH is 1. The normalized spacial score (nSPS) is 13.3. The predicted octanol–water partition coefficient (Wildman–Crippen LogP) is 2.54. The van der Waals surface area contributed by atoms with E-state index in [4.69, 9.17) is 0 Å².